The van der Waals surface area contributed by atoms with Crippen LogP contribution >= 0.6 is 0 Å². The third kappa shape index (κ3) is 7.94. The number of hydrogen-bond acceptors (Lipinski definition) is 5. The van der Waals surface area contributed by atoms with E-state index in [4.69, 9.17) is 21.3 Å². The zero-order valence-electron chi connectivity index (χ0n) is 17.9. The van der Waals surface area contributed by atoms with Gasteiger partial charge >= 0.3 is 0 Å². The fourth-order valence-corrected chi connectivity index (χ4v) is 3.65. The van der Waals surface area contributed by atoms with Crippen LogP contribution in [0.5, 0.6) is 11.5 Å². The number of rotatable bonds is 11. The van der Waals surface area contributed by atoms with E-state index in [9.17, 15) is 0 Å². The van der Waals surface area contributed by atoms with Crippen molar-refractivity contribution < 1.29 is 9.47 Å². The summed E-state index contributed by atoms with van der Waals surface area (Å²) in [6.07, 6.45) is 4.33. The Morgan fingerprint density at radius 3 is 2.19 bits per heavy atom. The Balaban J connectivity index is 1.19. The van der Waals surface area contributed by atoms with E-state index in [-0.39, 0.29) is 0 Å². The van der Waals surface area contributed by atoms with Crippen LogP contribution in [0.15, 0.2) is 48.5 Å². The highest BCUT2D eigenvalue weighted by Crippen LogP contribution is 2.18. The molecule has 0 unspecified atom stereocenters. The molecule has 1 aliphatic heterocycles. The van der Waals surface area contributed by atoms with Crippen molar-refractivity contribution in [2.24, 2.45) is 0 Å². The van der Waals surface area contributed by atoms with Gasteiger partial charge in [0, 0.05) is 12.6 Å². The standard InChI is InChI=1S/C25H30N4O2/c1-27-22-6-10-25(11-7-22)31-19-3-15-29-16-12-23(13-17-29)28-14-2-18-30-24-8-4-21(20-26)5-9-24/h4-11,23,28H,2-3,12-19H2. The predicted molar refractivity (Wildman–Crippen MR) is 122 cm³/mol. The molecular weight excluding hydrogens is 388 g/mol. The second-order valence-electron chi connectivity index (χ2n) is 7.72. The Kier molecular flexibility index (Phi) is 9.19. The maximum Gasteiger partial charge on any atom is 0.187 e. The minimum Gasteiger partial charge on any atom is -0.494 e. The van der Waals surface area contributed by atoms with E-state index >= 15 is 0 Å². The topological polar surface area (TPSA) is 61.9 Å². The number of ether oxygens (including phenoxy) is 2. The highest BCUT2D eigenvalue weighted by Gasteiger charge is 2.18. The van der Waals surface area contributed by atoms with Crippen LogP contribution in [-0.4, -0.2) is 50.3 Å². The summed E-state index contributed by atoms with van der Waals surface area (Å²) in [7, 11) is 0. The summed E-state index contributed by atoms with van der Waals surface area (Å²) in [5.74, 6) is 1.65. The van der Waals surface area contributed by atoms with Crippen molar-refractivity contribution in [1.82, 2.24) is 10.2 Å². The van der Waals surface area contributed by atoms with Gasteiger partial charge in [0.25, 0.3) is 0 Å². The lowest BCUT2D eigenvalue weighted by atomic mass is 10.0. The number of likely N-dealkylation sites (tertiary alicyclic amines) is 1. The van der Waals surface area contributed by atoms with Gasteiger partial charge in [-0.3, -0.25) is 0 Å². The maximum atomic E-state index is 8.81. The number of nitriles is 1. The molecule has 2 aromatic carbocycles. The van der Waals surface area contributed by atoms with Crippen molar-refractivity contribution in [3.8, 4) is 17.6 Å². The molecule has 162 valence electrons. The molecule has 0 saturated carbocycles. The van der Waals surface area contributed by atoms with Crippen LogP contribution in [-0.2, 0) is 0 Å². The number of hydrogen-bond donors (Lipinski definition) is 1. The lowest BCUT2D eigenvalue weighted by Crippen LogP contribution is -2.43. The van der Waals surface area contributed by atoms with Crippen molar-refractivity contribution in [3.63, 3.8) is 0 Å². The molecule has 6 heteroatoms. The molecular formula is C25H30N4O2. The van der Waals surface area contributed by atoms with E-state index in [1.807, 2.05) is 24.3 Å². The average molecular weight is 419 g/mol. The van der Waals surface area contributed by atoms with Crippen molar-refractivity contribution in [1.29, 1.82) is 5.26 Å². The molecule has 1 heterocycles. The van der Waals surface area contributed by atoms with Gasteiger partial charge in [-0.15, -0.1) is 0 Å². The van der Waals surface area contributed by atoms with Crippen LogP contribution in [0.4, 0.5) is 5.69 Å². The fraction of sp³-hybridized carbons (Fsp3) is 0.440. The van der Waals surface area contributed by atoms with Gasteiger partial charge < -0.3 is 19.7 Å². The summed E-state index contributed by atoms with van der Waals surface area (Å²) in [5.41, 5.74) is 1.29. The van der Waals surface area contributed by atoms with Gasteiger partial charge in [-0.25, -0.2) is 4.85 Å². The normalized spacial score (nSPS) is 14.5. The van der Waals surface area contributed by atoms with E-state index in [0.29, 0.717) is 30.5 Å². The number of nitrogens with one attached hydrogen (secondary N) is 1. The van der Waals surface area contributed by atoms with Gasteiger partial charge in [0.1, 0.15) is 11.5 Å². The molecule has 3 rings (SSSR count). The zero-order valence-corrected chi connectivity index (χ0v) is 17.9. The molecule has 1 fully saturated rings. The molecule has 0 bridgehead atoms. The molecule has 0 atom stereocenters. The van der Waals surface area contributed by atoms with E-state index < -0.39 is 0 Å². The Morgan fingerprint density at radius 2 is 1.58 bits per heavy atom. The molecule has 0 spiro atoms. The largest absolute Gasteiger partial charge is 0.494 e. The first-order valence-electron chi connectivity index (χ1n) is 11.0. The van der Waals surface area contributed by atoms with Gasteiger partial charge in [-0.2, -0.15) is 5.26 Å². The molecule has 0 aliphatic carbocycles. The van der Waals surface area contributed by atoms with Gasteiger partial charge in [0.05, 0.1) is 31.4 Å². The molecule has 0 amide bonds. The third-order valence-corrected chi connectivity index (χ3v) is 5.45. The maximum absolute atomic E-state index is 8.81. The van der Waals surface area contributed by atoms with Crippen LogP contribution in [0.2, 0.25) is 0 Å². The van der Waals surface area contributed by atoms with Crippen LogP contribution < -0.4 is 14.8 Å². The smallest absolute Gasteiger partial charge is 0.187 e. The predicted octanol–water partition coefficient (Wildman–Crippen LogP) is 4.40. The minimum absolute atomic E-state index is 0.586. The summed E-state index contributed by atoms with van der Waals surface area (Å²) in [6.45, 7) is 12.6. The minimum atomic E-state index is 0.586. The van der Waals surface area contributed by atoms with E-state index in [1.165, 1.54) is 12.8 Å². The SMILES string of the molecule is [C-]#[N+]c1ccc(OCCCN2CCC(NCCCOc3ccc(C#N)cc3)CC2)cc1. The molecule has 0 radical (unpaired) electrons. The van der Waals surface area contributed by atoms with Crippen LogP contribution in [0.3, 0.4) is 0 Å². The van der Waals surface area contributed by atoms with Crippen LogP contribution in [0, 0.1) is 17.9 Å². The second kappa shape index (κ2) is 12.6. The molecule has 1 N–H and O–H groups in total. The lowest BCUT2D eigenvalue weighted by Gasteiger charge is -2.32. The Morgan fingerprint density at radius 1 is 0.968 bits per heavy atom. The van der Waals surface area contributed by atoms with Crippen molar-refractivity contribution in [2.45, 2.75) is 31.7 Å². The molecule has 2 aromatic rings. The third-order valence-electron chi connectivity index (χ3n) is 5.45. The van der Waals surface area contributed by atoms with Crippen LogP contribution in [0.1, 0.15) is 31.2 Å². The van der Waals surface area contributed by atoms with Crippen molar-refractivity contribution in [3.05, 3.63) is 65.5 Å². The van der Waals surface area contributed by atoms with Crippen LogP contribution in [0.25, 0.3) is 4.85 Å². The molecule has 0 aromatic heterocycles. The molecule has 1 aliphatic rings. The summed E-state index contributed by atoms with van der Waals surface area (Å²) >= 11 is 0. The fourth-order valence-electron chi connectivity index (χ4n) is 3.65. The summed E-state index contributed by atoms with van der Waals surface area (Å²) in [6, 6.07) is 17.3. The van der Waals surface area contributed by atoms with Gasteiger partial charge in [0.15, 0.2) is 5.69 Å². The van der Waals surface area contributed by atoms with Gasteiger partial charge in [-0.05, 0) is 81.7 Å². The quantitative estimate of drug-likeness (QED) is 0.433. The Bertz CT molecular complexity index is 860. The van der Waals surface area contributed by atoms with Crippen molar-refractivity contribution >= 4 is 5.69 Å². The summed E-state index contributed by atoms with van der Waals surface area (Å²) in [5, 5.41) is 12.5. The Hall–Kier alpha value is -3.06. The van der Waals surface area contributed by atoms with E-state index in [0.717, 1.165) is 50.5 Å². The average Bonchev–Trinajstić information content (AvgIpc) is 2.83. The first-order valence-corrected chi connectivity index (χ1v) is 11.0. The monoisotopic (exact) mass is 418 g/mol. The number of nitrogens with zero attached hydrogens (tertiary/aromatic N) is 3. The van der Waals surface area contributed by atoms with E-state index in [1.54, 1.807) is 24.3 Å². The first-order chi connectivity index (χ1) is 15.3. The Labute approximate surface area is 185 Å². The summed E-state index contributed by atoms with van der Waals surface area (Å²) < 4.78 is 11.5. The molecule has 6 nitrogen and oxygen atoms in total. The number of benzene rings is 2. The highest BCUT2D eigenvalue weighted by molar-refractivity contribution is 5.46. The van der Waals surface area contributed by atoms with Gasteiger partial charge in [0.2, 0.25) is 0 Å². The lowest BCUT2D eigenvalue weighted by molar-refractivity contribution is 0.181. The molecule has 31 heavy (non-hydrogen) atoms. The van der Waals surface area contributed by atoms with Crippen molar-refractivity contribution in [2.75, 3.05) is 39.4 Å². The number of piperidine rings is 1. The molecule has 1 saturated heterocycles. The zero-order chi connectivity index (χ0) is 21.7. The van der Waals surface area contributed by atoms with E-state index in [2.05, 4.69) is 21.1 Å². The first kappa shape index (κ1) is 22.6. The summed E-state index contributed by atoms with van der Waals surface area (Å²) in [4.78, 5) is 5.90. The highest BCUT2D eigenvalue weighted by atomic mass is 16.5. The second-order valence-corrected chi connectivity index (χ2v) is 7.72. The van der Waals surface area contributed by atoms with Gasteiger partial charge in [-0.1, -0.05) is 12.1 Å².